The van der Waals surface area contributed by atoms with E-state index < -0.39 is 0 Å². The van der Waals surface area contributed by atoms with Crippen molar-refractivity contribution < 1.29 is 0 Å². The second-order valence-corrected chi connectivity index (χ2v) is 11.0. The van der Waals surface area contributed by atoms with Gasteiger partial charge in [-0.15, -0.1) is 11.3 Å². The average molecular weight is 500 g/mol. The molecular weight excluding hydrogens is 480 g/mol. The fraction of sp³-hybridized carbons (Fsp3) is 0. The molecule has 3 aromatic heterocycles. The highest BCUT2D eigenvalue weighted by molar-refractivity contribution is 7.26. The number of benzene rings is 6. The number of thiophene rings is 1. The Kier molecular flexibility index (Phi) is 3.96. The van der Waals surface area contributed by atoms with E-state index in [1.165, 1.54) is 63.6 Å². The summed E-state index contributed by atoms with van der Waals surface area (Å²) < 4.78 is 4.83. The Hall–Kier alpha value is -4.73. The molecule has 0 saturated heterocycles. The van der Waals surface area contributed by atoms with Gasteiger partial charge in [-0.25, -0.2) is 4.98 Å². The maximum absolute atomic E-state index is 5.41. The van der Waals surface area contributed by atoms with Crippen LogP contribution in [0.1, 0.15) is 0 Å². The first-order valence-electron chi connectivity index (χ1n) is 12.8. The molecule has 0 amide bonds. The predicted molar refractivity (Wildman–Crippen MR) is 162 cm³/mol. The highest BCUT2D eigenvalue weighted by Gasteiger charge is 2.19. The summed E-state index contributed by atoms with van der Waals surface area (Å²) in [4.78, 5) is 5.41. The van der Waals surface area contributed by atoms with Gasteiger partial charge < -0.3 is 0 Å². The van der Waals surface area contributed by atoms with Crippen LogP contribution >= 0.6 is 11.3 Å². The van der Waals surface area contributed by atoms with Gasteiger partial charge >= 0.3 is 0 Å². The van der Waals surface area contributed by atoms with E-state index in [9.17, 15) is 0 Å². The number of hydrogen-bond acceptors (Lipinski definition) is 2. The first-order chi connectivity index (χ1) is 18.8. The first-order valence-corrected chi connectivity index (χ1v) is 13.6. The van der Waals surface area contributed by atoms with Crippen LogP contribution in [-0.2, 0) is 0 Å². The highest BCUT2D eigenvalue weighted by Crippen LogP contribution is 2.43. The van der Waals surface area contributed by atoms with E-state index in [1.54, 1.807) is 0 Å². The molecule has 0 N–H and O–H groups in total. The van der Waals surface area contributed by atoms with E-state index in [4.69, 9.17) is 4.98 Å². The lowest BCUT2D eigenvalue weighted by Crippen LogP contribution is -1.89. The topological polar surface area (TPSA) is 17.3 Å². The molecule has 3 heterocycles. The zero-order valence-electron chi connectivity index (χ0n) is 20.3. The zero-order chi connectivity index (χ0) is 24.8. The van der Waals surface area contributed by atoms with Crippen LogP contribution in [0.15, 0.2) is 115 Å². The third-order valence-corrected chi connectivity index (χ3v) is 9.05. The van der Waals surface area contributed by atoms with Gasteiger partial charge in [-0.2, -0.15) is 0 Å². The van der Waals surface area contributed by atoms with E-state index in [-0.39, 0.29) is 0 Å². The minimum Gasteiger partial charge on any atom is -0.298 e. The van der Waals surface area contributed by atoms with Crippen molar-refractivity contribution in [1.82, 2.24) is 9.38 Å². The fourth-order valence-electron chi connectivity index (χ4n) is 6.14. The minimum absolute atomic E-state index is 1.02. The minimum atomic E-state index is 1.02. The van der Waals surface area contributed by atoms with Crippen LogP contribution < -0.4 is 0 Å². The maximum Gasteiger partial charge on any atom is 0.156 e. The Morgan fingerprint density at radius 1 is 0.658 bits per heavy atom. The highest BCUT2D eigenvalue weighted by atomic mass is 32.1. The number of fused-ring (bicyclic) bond motifs is 12. The molecule has 0 atom stereocenters. The van der Waals surface area contributed by atoms with Crippen molar-refractivity contribution >= 4 is 80.5 Å². The van der Waals surface area contributed by atoms with Crippen LogP contribution in [0.5, 0.6) is 0 Å². The average Bonchev–Trinajstić information content (AvgIpc) is 3.56. The largest absolute Gasteiger partial charge is 0.298 e. The molecule has 9 aromatic rings. The third kappa shape index (κ3) is 2.69. The van der Waals surface area contributed by atoms with Crippen molar-refractivity contribution in [2.45, 2.75) is 0 Å². The van der Waals surface area contributed by atoms with Gasteiger partial charge in [0.1, 0.15) is 0 Å². The summed E-state index contributed by atoms with van der Waals surface area (Å²) in [6.45, 7) is 0. The second kappa shape index (κ2) is 7.41. The van der Waals surface area contributed by atoms with Crippen LogP contribution in [0.4, 0.5) is 0 Å². The standard InChI is InChI=1S/C35H19N2S/c1-2-8-21(9-3-1)29-20-25-18-23-11-4-5-12-24(23)19-28(25)32-33(29)37-17-16-27-31-26-13-7-6-10-22(26)14-15-30(31)38-34(27)35(37)36-32/h2-20H. The molecule has 1 radical (unpaired) electrons. The smallest absolute Gasteiger partial charge is 0.156 e. The molecule has 2 nitrogen and oxygen atoms in total. The van der Waals surface area contributed by atoms with Gasteiger partial charge in [0.2, 0.25) is 0 Å². The summed E-state index contributed by atoms with van der Waals surface area (Å²) in [7, 11) is 0. The van der Waals surface area contributed by atoms with E-state index >= 15 is 0 Å². The number of aromatic nitrogens is 2. The lowest BCUT2D eigenvalue weighted by atomic mass is 9.96. The number of imidazole rings is 1. The van der Waals surface area contributed by atoms with E-state index in [2.05, 4.69) is 114 Å². The van der Waals surface area contributed by atoms with Gasteiger partial charge in [0.15, 0.2) is 5.65 Å². The van der Waals surface area contributed by atoms with Crippen LogP contribution in [0.2, 0.25) is 0 Å². The van der Waals surface area contributed by atoms with Gasteiger partial charge in [-0.1, -0.05) is 78.9 Å². The molecule has 38 heavy (non-hydrogen) atoms. The SMILES string of the molecule is [c]1ccc(-c2cc3cc4ccccc4cc3c3nc4c5sc6ccc7ccccc7c6c5ccn4c23)cc1. The summed E-state index contributed by atoms with van der Waals surface area (Å²) in [5, 5.41) is 10.1. The Morgan fingerprint density at radius 3 is 2.32 bits per heavy atom. The molecular formula is C35H19N2S. The van der Waals surface area contributed by atoms with Crippen LogP contribution in [0, 0.1) is 6.07 Å². The summed E-state index contributed by atoms with van der Waals surface area (Å²) >= 11 is 1.84. The van der Waals surface area contributed by atoms with Gasteiger partial charge in [-0.3, -0.25) is 4.40 Å². The maximum atomic E-state index is 5.41. The molecule has 3 heteroatoms. The molecule has 0 unspecified atom stereocenters. The Balaban J connectivity index is 1.50. The van der Waals surface area contributed by atoms with Gasteiger partial charge in [0, 0.05) is 32.6 Å². The van der Waals surface area contributed by atoms with Gasteiger partial charge in [0.25, 0.3) is 0 Å². The molecule has 0 saturated carbocycles. The van der Waals surface area contributed by atoms with Crippen LogP contribution in [0.3, 0.4) is 0 Å². The number of pyridine rings is 1. The Labute approximate surface area is 222 Å². The number of nitrogens with zero attached hydrogens (tertiary/aromatic N) is 2. The molecule has 0 fully saturated rings. The second-order valence-electron chi connectivity index (χ2n) is 9.96. The molecule has 6 aromatic carbocycles. The summed E-state index contributed by atoms with van der Waals surface area (Å²) in [6.07, 6.45) is 2.21. The number of hydrogen-bond donors (Lipinski definition) is 0. The third-order valence-electron chi connectivity index (χ3n) is 7.88. The predicted octanol–water partition coefficient (Wildman–Crippen LogP) is 9.78. The van der Waals surface area contributed by atoms with Crippen molar-refractivity contribution in [2.24, 2.45) is 0 Å². The quantitative estimate of drug-likeness (QED) is 0.205. The van der Waals surface area contributed by atoms with Gasteiger partial charge in [-0.05, 0) is 68.9 Å². The van der Waals surface area contributed by atoms with Gasteiger partial charge in [0.05, 0.1) is 15.7 Å². The van der Waals surface area contributed by atoms with Crippen molar-refractivity contribution in [2.75, 3.05) is 0 Å². The summed E-state index contributed by atoms with van der Waals surface area (Å²) in [5.74, 6) is 0. The van der Waals surface area contributed by atoms with E-state index in [1.807, 2.05) is 23.5 Å². The Bertz CT molecular complexity index is 2390. The Morgan fingerprint density at radius 2 is 1.45 bits per heavy atom. The normalized spacial score (nSPS) is 12.2. The molecule has 0 spiro atoms. The number of rotatable bonds is 1. The lowest BCUT2D eigenvalue weighted by molar-refractivity contribution is 1.25. The molecule has 9 rings (SSSR count). The summed E-state index contributed by atoms with van der Waals surface area (Å²) in [6, 6.07) is 42.4. The van der Waals surface area contributed by atoms with Crippen molar-refractivity contribution in [3.05, 3.63) is 121 Å². The van der Waals surface area contributed by atoms with Crippen molar-refractivity contribution in [3.63, 3.8) is 0 Å². The lowest BCUT2D eigenvalue weighted by Gasteiger charge is -2.10. The van der Waals surface area contributed by atoms with E-state index in [0.717, 1.165) is 16.7 Å². The van der Waals surface area contributed by atoms with Crippen LogP contribution in [-0.4, -0.2) is 9.38 Å². The molecule has 0 aliphatic rings. The van der Waals surface area contributed by atoms with Crippen LogP contribution in [0.25, 0.3) is 80.3 Å². The molecule has 0 aliphatic carbocycles. The molecule has 175 valence electrons. The van der Waals surface area contributed by atoms with Crippen molar-refractivity contribution in [1.29, 1.82) is 0 Å². The molecule has 0 aliphatic heterocycles. The molecule has 0 bridgehead atoms. The first kappa shape index (κ1) is 20.3. The summed E-state index contributed by atoms with van der Waals surface area (Å²) in [5.41, 5.74) is 5.58. The fourth-order valence-corrected chi connectivity index (χ4v) is 7.34. The monoisotopic (exact) mass is 499 g/mol. The zero-order valence-corrected chi connectivity index (χ0v) is 21.1. The van der Waals surface area contributed by atoms with E-state index in [0.29, 0.717) is 0 Å². The van der Waals surface area contributed by atoms with Crippen molar-refractivity contribution in [3.8, 4) is 11.1 Å².